The summed E-state index contributed by atoms with van der Waals surface area (Å²) >= 11 is 0. The van der Waals surface area contributed by atoms with Crippen molar-refractivity contribution in [1.82, 2.24) is 15.0 Å². The first-order chi connectivity index (χ1) is 15.2. The van der Waals surface area contributed by atoms with Crippen LogP contribution in [0.3, 0.4) is 0 Å². The first-order valence-electron chi connectivity index (χ1n) is 10.6. The number of hydrogen-bond acceptors (Lipinski definition) is 6. The highest BCUT2D eigenvalue weighted by atomic mass is 16.5. The molecule has 32 heavy (non-hydrogen) atoms. The van der Waals surface area contributed by atoms with Crippen LogP contribution in [0.5, 0.6) is 11.5 Å². The smallest absolute Gasteiger partial charge is 0.322 e. The number of hydrogen-bond donors (Lipinski definition) is 2. The Morgan fingerprint density at radius 3 is 2.53 bits per heavy atom. The number of carbonyl (C=O) groups is 1. The minimum Gasteiger partial charge on any atom is -0.504 e. The molecule has 0 saturated heterocycles. The second-order valence-corrected chi connectivity index (χ2v) is 9.05. The van der Waals surface area contributed by atoms with Crippen molar-refractivity contribution in [3.05, 3.63) is 53.9 Å². The van der Waals surface area contributed by atoms with E-state index in [1.54, 1.807) is 18.2 Å². The van der Waals surface area contributed by atoms with E-state index in [9.17, 15) is 9.90 Å². The highest BCUT2D eigenvalue weighted by molar-refractivity contribution is 5.90. The van der Waals surface area contributed by atoms with Crippen LogP contribution in [0.25, 0.3) is 11.4 Å². The van der Waals surface area contributed by atoms with Gasteiger partial charge in [-0.3, -0.25) is 0 Å². The minimum atomic E-state index is -0.215. The van der Waals surface area contributed by atoms with Crippen LogP contribution in [0.15, 0.2) is 47.0 Å². The highest BCUT2D eigenvalue weighted by Crippen LogP contribution is 2.32. The number of benzene rings is 2. The summed E-state index contributed by atoms with van der Waals surface area (Å²) in [5.41, 5.74) is 2.18. The van der Waals surface area contributed by atoms with Crippen molar-refractivity contribution >= 4 is 11.7 Å². The van der Waals surface area contributed by atoms with Crippen molar-refractivity contribution in [2.75, 3.05) is 12.4 Å². The summed E-state index contributed by atoms with van der Waals surface area (Å²) in [5, 5.41) is 16.8. The lowest BCUT2D eigenvalue weighted by atomic mass is 9.97. The zero-order valence-electron chi connectivity index (χ0n) is 18.8. The summed E-state index contributed by atoms with van der Waals surface area (Å²) in [4.78, 5) is 19.3. The van der Waals surface area contributed by atoms with Crippen LogP contribution in [0, 0.1) is 0 Å². The van der Waals surface area contributed by atoms with Crippen LogP contribution in [-0.2, 0) is 12.0 Å². The third kappa shape index (κ3) is 4.85. The molecule has 4 rings (SSSR count). The third-order valence-electron chi connectivity index (χ3n) is 5.31. The molecule has 1 aliphatic carbocycles. The molecule has 8 heteroatoms. The van der Waals surface area contributed by atoms with E-state index in [4.69, 9.17) is 9.26 Å². The van der Waals surface area contributed by atoms with Gasteiger partial charge in [0.15, 0.2) is 11.5 Å². The van der Waals surface area contributed by atoms with Crippen molar-refractivity contribution in [1.29, 1.82) is 0 Å². The number of anilines is 1. The Bertz CT molecular complexity index is 1100. The van der Waals surface area contributed by atoms with Gasteiger partial charge >= 0.3 is 6.03 Å². The summed E-state index contributed by atoms with van der Waals surface area (Å²) in [7, 11) is 1.51. The van der Waals surface area contributed by atoms with Crippen LogP contribution in [-0.4, -0.2) is 39.3 Å². The number of rotatable bonds is 6. The van der Waals surface area contributed by atoms with Gasteiger partial charge in [-0.05, 0) is 54.8 Å². The van der Waals surface area contributed by atoms with Crippen molar-refractivity contribution in [2.45, 2.75) is 51.6 Å². The standard InChI is InChI=1S/C24H28N4O4/c1-24(2,3)22-26-21(27-32-22)16-6-8-17(9-7-16)25-23(30)28(18-10-11-18)14-15-5-12-19(29)20(13-15)31-4/h5-9,12-13,18,29H,10-11,14H2,1-4H3,(H,25,30). The van der Waals surface area contributed by atoms with Crippen molar-refractivity contribution in [3.63, 3.8) is 0 Å². The Morgan fingerprint density at radius 1 is 1.22 bits per heavy atom. The molecular weight excluding hydrogens is 408 g/mol. The maximum absolute atomic E-state index is 13.0. The molecule has 8 nitrogen and oxygen atoms in total. The number of nitrogens with zero attached hydrogens (tertiary/aromatic N) is 3. The van der Waals surface area contributed by atoms with E-state index in [1.165, 1.54) is 7.11 Å². The molecule has 2 amide bonds. The monoisotopic (exact) mass is 436 g/mol. The molecule has 1 saturated carbocycles. The first kappa shape index (κ1) is 21.7. The topological polar surface area (TPSA) is 101 Å². The molecule has 0 bridgehead atoms. The van der Waals surface area contributed by atoms with Crippen LogP contribution in [0.2, 0.25) is 0 Å². The molecule has 168 valence electrons. The molecule has 0 atom stereocenters. The van der Waals surface area contributed by atoms with Gasteiger partial charge in [-0.2, -0.15) is 4.98 Å². The molecular formula is C24H28N4O4. The molecule has 1 aromatic heterocycles. The van der Waals surface area contributed by atoms with Crippen LogP contribution < -0.4 is 10.1 Å². The van der Waals surface area contributed by atoms with Crippen LogP contribution in [0.1, 0.15) is 45.1 Å². The summed E-state index contributed by atoms with van der Waals surface area (Å²) in [6, 6.07) is 12.6. The van der Waals surface area contributed by atoms with E-state index in [-0.39, 0.29) is 23.2 Å². The molecule has 1 aliphatic rings. The number of aromatic hydroxyl groups is 1. The molecule has 0 radical (unpaired) electrons. The number of nitrogens with one attached hydrogen (secondary N) is 1. The van der Waals surface area contributed by atoms with Crippen molar-refractivity contribution in [2.24, 2.45) is 0 Å². The van der Waals surface area contributed by atoms with Gasteiger partial charge in [-0.1, -0.05) is 32.0 Å². The maximum Gasteiger partial charge on any atom is 0.322 e. The lowest BCUT2D eigenvalue weighted by Crippen LogP contribution is -2.36. The minimum absolute atomic E-state index is 0.0787. The second-order valence-electron chi connectivity index (χ2n) is 9.05. The van der Waals surface area contributed by atoms with E-state index in [1.807, 2.05) is 49.9 Å². The van der Waals surface area contributed by atoms with E-state index in [2.05, 4.69) is 15.5 Å². The number of aromatic nitrogens is 2. The van der Waals surface area contributed by atoms with E-state index in [0.29, 0.717) is 29.7 Å². The fraction of sp³-hybridized carbons (Fsp3) is 0.375. The fourth-order valence-corrected chi connectivity index (χ4v) is 3.31. The van der Waals surface area contributed by atoms with Crippen molar-refractivity contribution < 1.29 is 19.2 Å². The van der Waals surface area contributed by atoms with E-state index < -0.39 is 0 Å². The summed E-state index contributed by atoms with van der Waals surface area (Å²) in [6.45, 7) is 6.48. The van der Waals surface area contributed by atoms with Gasteiger partial charge in [-0.25, -0.2) is 4.79 Å². The Kier molecular flexibility index (Phi) is 5.78. The van der Waals surface area contributed by atoms with Crippen LogP contribution >= 0.6 is 0 Å². The predicted molar refractivity (Wildman–Crippen MR) is 121 cm³/mol. The van der Waals surface area contributed by atoms with Crippen LogP contribution in [0.4, 0.5) is 10.5 Å². The number of phenols is 1. The second kappa shape index (κ2) is 8.53. The molecule has 1 heterocycles. The van der Waals surface area contributed by atoms with Gasteiger partial charge in [0.05, 0.1) is 7.11 Å². The summed E-state index contributed by atoms with van der Waals surface area (Å²) in [6.07, 6.45) is 1.96. The number of carbonyl (C=O) groups excluding carboxylic acids is 1. The van der Waals surface area contributed by atoms with Gasteiger partial charge in [0.1, 0.15) is 0 Å². The Hall–Kier alpha value is -3.55. The van der Waals surface area contributed by atoms with E-state index >= 15 is 0 Å². The normalized spacial score (nSPS) is 13.6. The zero-order chi connectivity index (χ0) is 22.9. The highest BCUT2D eigenvalue weighted by Gasteiger charge is 2.33. The predicted octanol–water partition coefficient (Wildman–Crippen LogP) is 4.94. The number of urea groups is 1. The van der Waals surface area contributed by atoms with E-state index in [0.717, 1.165) is 24.0 Å². The number of amides is 2. The zero-order valence-corrected chi connectivity index (χ0v) is 18.8. The van der Waals surface area contributed by atoms with Gasteiger partial charge in [0, 0.05) is 29.3 Å². The van der Waals surface area contributed by atoms with Crippen molar-refractivity contribution in [3.8, 4) is 22.9 Å². The Balaban J connectivity index is 1.44. The SMILES string of the molecule is COc1cc(CN(C(=O)Nc2ccc(-c3noc(C(C)(C)C)n3)cc2)C2CC2)ccc1O. The quantitative estimate of drug-likeness (QED) is 0.567. The fourth-order valence-electron chi connectivity index (χ4n) is 3.31. The van der Waals surface area contributed by atoms with Gasteiger partial charge in [-0.15, -0.1) is 0 Å². The Labute approximate surface area is 187 Å². The first-order valence-corrected chi connectivity index (χ1v) is 10.6. The Morgan fingerprint density at radius 2 is 1.94 bits per heavy atom. The van der Waals surface area contributed by atoms with Gasteiger partial charge < -0.3 is 24.6 Å². The lowest BCUT2D eigenvalue weighted by molar-refractivity contribution is 0.206. The van der Waals surface area contributed by atoms with Gasteiger partial charge in [0.25, 0.3) is 0 Å². The number of ether oxygens (including phenoxy) is 1. The molecule has 2 N–H and O–H groups in total. The lowest BCUT2D eigenvalue weighted by Gasteiger charge is -2.23. The summed E-state index contributed by atoms with van der Waals surface area (Å²) < 4.78 is 10.5. The third-order valence-corrected chi connectivity index (χ3v) is 5.31. The average molecular weight is 437 g/mol. The molecule has 0 aliphatic heterocycles. The maximum atomic E-state index is 13.0. The average Bonchev–Trinajstić information content (AvgIpc) is 3.47. The van der Waals surface area contributed by atoms with Gasteiger partial charge in [0.2, 0.25) is 11.7 Å². The largest absolute Gasteiger partial charge is 0.504 e. The molecule has 1 fully saturated rings. The summed E-state index contributed by atoms with van der Waals surface area (Å²) in [5.74, 6) is 1.57. The molecule has 2 aromatic carbocycles. The molecule has 0 unspecified atom stereocenters. The number of phenolic OH excluding ortho intramolecular Hbond substituents is 1. The molecule has 3 aromatic rings. The number of methoxy groups -OCH3 is 1. The molecule has 0 spiro atoms.